The Morgan fingerprint density at radius 2 is 1.62 bits per heavy atom. The number of morpholine rings is 1. The van der Waals surface area contributed by atoms with Gasteiger partial charge in [0.15, 0.2) is 0 Å². The van der Waals surface area contributed by atoms with Gasteiger partial charge in [-0.1, -0.05) is 12.1 Å². The van der Waals surface area contributed by atoms with Crippen LogP contribution in [-0.4, -0.2) is 50.4 Å². The molecule has 1 saturated heterocycles. The molecule has 2 heterocycles. The van der Waals surface area contributed by atoms with Crippen molar-refractivity contribution in [3.05, 3.63) is 35.4 Å². The lowest BCUT2D eigenvalue weighted by molar-refractivity contribution is 0.122. The van der Waals surface area contributed by atoms with Gasteiger partial charge in [0, 0.05) is 44.9 Å². The van der Waals surface area contributed by atoms with Crippen LogP contribution in [0.2, 0.25) is 0 Å². The highest BCUT2D eigenvalue weighted by Crippen LogP contribution is 2.24. The minimum Gasteiger partial charge on any atom is -0.383 e. The monoisotopic (exact) mass is 328 g/mol. The van der Waals surface area contributed by atoms with Gasteiger partial charge in [-0.2, -0.15) is 9.97 Å². The molecule has 7 nitrogen and oxygen atoms in total. The predicted octanol–water partition coefficient (Wildman–Crippen LogP) is 1.13. The summed E-state index contributed by atoms with van der Waals surface area (Å²) < 4.78 is 5.35. The van der Waals surface area contributed by atoms with Crippen molar-refractivity contribution in [3.63, 3.8) is 0 Å². The maximum absolute atomic E-state index is 6.16. The first-order valence-electron chi connectivity index (χ1n) is 8.05. The zero-order chi connectivity index (χ0) is 17.1. The average Bonchev–Trinajstić information content (AvgIpc) is 2.59. The summed E-state index contributed by atoms with van der Waals surface area (Å²) in [5.74, 6) is 1.47. The molecule has 3 rings (SSSR count). The van der Waals surface area contributed by atoms with Gasteiger partial charge < -0.3 is 26.0 Å². The molecule has 0 aliphatic carbocycles. The Kier molecular flexibility index (Phi) is 4.71. The fourth-order valence-corrected chi connectivity index (χ4v) is 2.71. The van der Waals surface area contributed by atoms with Crippen LogP contribution >= 0.6 is 0 Å². The van der Waals surface area contributed by atoms with Gasteiger partial charge in [-0.25, -0.2) is 0 Å². The van der Waals surface area contributed by atoms with E-state index in [-0.39, 0.29) is 0 Å². The zero-order valence-electron chi connectivity index (χ0n) is 14.2. The van der Waals surface area contributed by atoms with Gasteiger partial charge in [-0.3, -0.25) is 0 Å². The smallest absolute Gasteiger partial charge is 0.229 e. The van der Waals surface area contributed by atoms with Crippen molar-refractivity contribution in [1.82, 2.24) is 9.97 Å². The van der Waals surface area contributed by atoms with Crippen LogP contribution in [0.3, 0.4) is 0 Å². The van der Waals surface area contributed by atoms with Gasteiger partial charge in [0.2, 0.25) is 5.95 Å². The second kappa shape index (κ2) is 6.92. The topological polar surface area (TPSA) is 93.5 Å². The van der Waals surface area contributed by atoms with Crippen LogP contribution in [0, 0.1) is 0 Å². The normalized spacial score (nSPS) is 14.7. The van der Waals surface area contributed by atoms with Gasteiger partial charge in [0.05, 0.1) is 13.2 Å². The maximum Gasteiger partial charge on any atom is 0.229 e. The van der Waals surface area contributed by atoms with E-state index in [0.29, 0.717) is 37.2 Å². The number of anilines is 4. The minimum absolute atomic E-state index is 0.445. The molecule has 7 heteroatoms. The Balaban J connectivity index is 1.80. The summed E-state index contributed by atoms with van der Waals surface area (Å²) >= 11 is 0. The number of hydrogen-bond acceptors (Lipinski definition) is 7. The molecular formula is C17H24N6O. The molecule has 1 aliphatic rings. The van der Waals surface area contributed by atoms with Crippen molar-refractivity contribution in [2.45, 2.75) is 6.42 Å². The first-order chi connectivity index (χ1) is 11.5. The number of benzene rings is 1. The first-order valence-corrected chi connectivity index (χ1v) is 8.05. The lowest BCUT2D eigenvalue weighted by Crippen LogP contribution is -2.37. The number of hydrogen-bond donors (Lipinski definition) is 2. The number of nitrogens with zero attached hydrogens (tertiary/aromatic N) is 4. The molecule has 0 radical (unpaired) electrons. The molecular weight excluding hydrogens is 304 g/mol. The second-order valence-corrected chi connectivity index (χ2v) is 6.11. The largest absolute Gasteiger partial charge is 0.383 e. The van der Waals surface area contributed by atoms with Crippen LogP contribution in [0.4, 0.5) is 23.3 Å². The molecule has 0 atom stereocenters. The van der Waals surface area contributed by atoms with Gasteiger partial charge in [-0.15, -0.1) is 0 Å². The van der Waals surface area contributed by atoms with Crippen LogP contribution in [0.1, 0.15) is 11.1 Å². The minimum atomic E-state index is 0.445. The molecule has 0 spiro atoms. The lowest BCUT2D eigenvalue weighted by Gasteiger charge is -2.27. The summed E-state index contributed by atoms with van der Waals surface area (Å²) in [6.07, 6.45) is 0.620. The van der Waals surface area contributed by atoms with E-state index in [1.807, 2.05) is 19.0 Å². The SMILES string of the molecule is CN(C)c1ccc(Cc2c(N)nc(N3CCOCC3)nc2N)cc1. The van der Waals surface area contributed by atoms with E-state index in [4.69, 9.17) is 16.2 Å². The standard InChI is InChI=1S/C17H24N6O/c1-22(2)13-5-3-12(4-6-13)11-14-15(18)20-17(21-16(14)19)23-7-9-24-10-8-23/h3-6H,7-11H2,1-2H3,(H4,18,19,20,21). The van der Waals surface area contributed by atoms with E-state index < -0.39 is 0 Å². The third-order valence-corrected chi connectivity index (χ3v) is 4.19. The van der Waals surface area contributed by atoms with Gasteiger partial charge in [-0.05, 0) is 17.7 Å². The van der Waals surface area contributed by atoms with Crippen molar-refractivity contribution >= 4 is 23.3 Å². The number of rotatable bonds is 4. The molecule has 0 amide bonds. The fourth-order valence-electron chi connectivity index (χ4n) is 2.71. The zero-order valence-corrected chi connectivity index (χ0v) is 14.2. The predicted molar refractivity (Wildman–Crippen MR) is 97.5 cm³/mol. The van der Waals surface area contributed by atoms with Gasteiger partial charge >= 0.3 is 0 Å². The Hall–Kier alpha value is -2.54. The molecule has 0 saturated carbocycles. The van der Waals surface area contributed by atoms with Crippen molar-refractivity contribution in [1.29, 1.82) is 0 Å². The summed E-state index contributed by atoms with van der Waals surface area (Å²) in [5.41, 5.74) is 15.4. The van der Waals surface area contributed by atoms with Crippen molar-refractivity contribution in [3.8, 4) is 0 Å². The molecule has 128 valence electrons. The molecule has 4 N–H and O–H groups in total. The highest BCUT2D eigenvalue weighted by Gasteiger charge is 2.17. The van der Waals surface area contributed by atoms with E-state index in [0.717, 1.165) is 29.9 Å². The van der Waals surface area contributed by atoms with Crippen LogP contribution in [0.5, 0.6) is 0 Å². The summed E-state index contributed by atoms with van der Waals surface area (Å²) in [7, 11) is 4.03. The van der Waals surface area contributed by atoms with E-state index in [2.05, 4.69) is 39.1 Å². The Bertz CT molecular complexity index is 672. The van der Waals surface area contributed by atoms with E-state index in [1.54, 1.807) is 0 Å². The van der Waals surface area contributed by atoms with E-state index >= 15 is 0 Å². The summed E-state index contributed by atoms with van der Waals surface area (Å²) in [6.45, 7) is 2.85. The van der Waals surface area contributed by atoms with Crippen LogP contribution in [0.25, 0.3) is 0 Å². The maximum atomic E-state index is 6.16. The molecule has 0 bridgehead atoms. The highest BCUT2D eigenvalue weighted by atomic mass is 16.5. The Morgan fingerprint density at radius 3 is 2.17 bits per heavy atom. The van der Waals surface area contributed by atoms with Crippen LogP contribution in [-0.2, 0) is 11.2 Å². The first kappa shape index (κ1) is 16.3. The number of nitrogens with two attached hydrogens (primary N) is 2. The summed E-state index contributed by atoms with van der Waals surface area (Å²) in [6, 6.07) is 8.30. The quantitative estimate of drug-likeness (QED) is 0.869. The second-order valence-electron chi connectivity index (χ2n) is 6.11. The van der Waals surface area contributed by atoms with E-state index in [9.17, 15) is 0 Å². The van der Waals surface area contributed by atoms with Crippen molar-refractivity contribution in [2.24, 2.45) is 0 Å². The molecule has 1 aromatic heterocycles. The third-order valence-electron chi connectivity index (χ3n) is 4.19. The molecule has 1 aliphatic heterocycles. The molecule has 1 aromatic carbocycles. The number of ether oxygens (including phenoxy) is 1. The molecule has 1 fully saturated rings. The average molecular weight is 328 g/mol. The molecule has 2 aromatic rings. The summed E-state index contributed by atoms with van der Waals surface area (Å²) in [4.78, 5) is 13.0. The van der Waals surface area contributed by atoms with Crippen LogP contribution < -0.4 is 21.3 Å². The lowest BCUT2D eigenvalue weighted by atomic mass is 10.1. The Labute approximate surface area is 142 Å². The van der Waals surface area contributed by atoms with Crippen molar-refractivity contribution < 1.29 is 4.74 Å². The third kappa shape index (κ3) is 3.51. The molecule has 0 unspecified atom stereocenters. The number of aromatic nitrogens is 2. The molecule has 24 heavy (non-hydrogen) atoms. The fraction of sp³-hybridized carbons (Fsp3) is 0.412. The van der Waals surface area contributed by atoms with E-state index in [1.165, 1.54) is 0 Å². The van der Waals surface area contributed by atoms with Crippen LogP contribution in [0.15, 0.2) is 24.3 Å². The summed E-state index contributed by atoms with van der Waals surface area (Å²) in [5, 5.41) is 0. The highest BCUT2D eigenvalue weighted by molar-refractivity contribution is 5.59. The van der Waals surface area contributed by atoms with Gasteiger partial charge in [0.1, 0.15) is 11.6 Å². The Morgan fingerprint density at radius 1 is 1.04 bits per heavy atom. The van der Waals surface area contributed by atoms with Crippen molar-refractivity contribution in [2.75, 3.05) is 61.7 Å². The van der Waals surface area contributed by atoms with Gasteiger partial charge in [0.25, 0.3) is 0 Å². The number of nitrogen functional groups attached to an aromatic ring is 2.